The number of carbonyl (C=O) groups excluding carboxylic acids is 1. The van der Waals surface area contributed by atoms with Gasteiger partial charge in [-0.2, -0.15) is 0 Å². The summed E-state index contributed by atoms with van der Waals surface area (Å²) in [7, 11) is 0. The average Bonchev–Trinajstić information content (AvgIpc) is 2.15. The molecule has 0 unspecified atom stereocenters. The van der Waals surface area contributed by atoms with Crippen molar-refractivity contribution in [3.05, 3.63) is 29.8 Å². The van der Waals surface area contributed by atoms with Gasteiger partial charge in [-0.3, -0.25) is 0 Å². The Morgan fingerprint density at radius 1 is 1.24 bits per heavy atom. The zero-order chi connectivity index (χ0) is 13.1. The Bertz CT molecular complexity index is 420. The maximum absolute atomic E-state index is 11.6. The Balaban J connectivity index is 2.64. The molecule has 1 aromatic carbocycles. The van der Waals surface area contributed by atoms with Gasteiger partial charge in [0.1, 0.15) is 4.99 Å². The minimum atomic E-state index is -0.261. The summed E-state index contributed by atoms with van der Waals surface area (Å²) in [6.45, 7) is 5.76. The van der Waals surface area contributed by atoms with E-state index in [4.69, 9.17) is 18.0 Å². The molecule has 0 fully saturated rings. The zero-order valence-corrected chi connectivity index (χ0v) is 11.0. The van der Waals surface area contributed by atoms with Crippen LogP contribution >= 0.6 is 12.2 Å². The lowest BCUT2D eigenvalue weighted by Gasteiger charge is -2.20. The number of thiocarbonyl (C=S) groups is 1. The van der Waals surface area contributed by atoms with Crippen LogP contribution in [-0.4, -0.2) is 16.6 Å². The molecule has 4 nitrogen and oxygen atoms in total. The quantitative estimate of drug-likeness (QED) is 0.706. The number of carbonyl (C=O) groups is 1. The molecule has 0 radical (unpaired) electrons. The number of hydrogen-bond acceptors (Lipinski definition) is 2. The van der Waals surface area contributed by atoms with Gasteiger partial charge in [-0.25, -0.2) is 4.79 Å². The molecular formula is C12H17N3OS. The third kappa shape index (κ3) is 4.82. The standard InChI is InChI=1S/C12H17N3OS/c1-12(2,3)15-11(16)14-9-6-4-8(5-7-9)10(13)17/h4-7H,1-3H3,(H2,13,17)(H2,14,15,16). The number of amides is 2. The van der Waals surface area contributed by atoms with Crippen LogP contribution < -0.4 is 16.4 Å². The second-order valence-corrected chi connectivity index (χ2v) is 5.21. The molecule has 0 spiro atoms. The lowest BCUT2D eigenvalue weighted by Crippen LogP contribution is -2.43. The smallest absolute Gasteiger partial charge is 0.319 e. The fourth-order valence-corrected chi connectivity index (χ4v) is 1.36. The van der Waals surface area contributed by atoms with Crippen LogP contribution in [-0.2, 0) is 0 Å². The molecule has 0 heterocycles. The Hall–Kier alpha value is -1.62. The second kappa shape index (κ2) is 5.14. The van der Waals surface area contributed by atoms with Crippen molar-refractivity contribution >= 4 is 28.9 Å². The average molecular weight is 251 g/mol. The minimum Gasteiger partial charge on any atom is -0.389 e. The number of nitrogens with one attached hydrogen (secondary N) is 2. The van der Waals surface area contributed by atoms with Crippen molar-refractivity contribution in [2.24, 2.45) is 5.73 Å². The van der Waals surface area contributed by atoms with Crippen molar-refractivity contribution in [1.29, 1.82) is 0 Å². The molecule has 1 aromatic rings. The summed E-state index contributed by atoms with van der Waals surface area (Å²) in [5, 5.41) is 5.53. The molecule has 0 aliphatic heterocycles. The first-order chi connectivity index (χ1) is 7.78. The van der Waals surface area contributed by atoms with Gasteiger partial charge in [0.2, 0.25) is 0 Å². The number of nitrogens with two attached hydrogens (primary N) is 1. The monoisotopic (exact) mass is 251 g/mol. The normalized spacial score (nSPS) is 10.8. The second-order valence-electron chi connectivity index (χ2n) is 4.77. The first-order valence-corrected chi connectivity index (χ1v) is 5.68. The van der Waals surface area contributed by atoms with E-state index in [1.165, 1.54) is 0 Å². The summed E-state index contributed by atoms with van der Waals surface area (Å²) in [5.74, 6) is 0. The number of anilines is 1. The van der Waals surface area contributed by atoms with Gasteiger partial charge >= 0.3 is 6.03 Å². The maximum atomic E-state index is 11.6. The first-order valence-electron chi connectivity index (χ1n) is 5.27. The van der Waals surface area contributed by atoms with Crippen molar-refractivity contribution in [3.8, 4) is 0 Å². The molecular weight excluding hydrogens is 234 g/mol. The molecule has 0 aliphatic carbocycles. The van der Waals surface area contributed by atoms with Gasteiger partial charge in [0.05, 0.1) is 0 Å². The molecule has 17 heavy (non-hydrogen) atoms. The predicted molar refractivity (Wildman–Crippen MR) is 74.2 cm³/mol. The largest absolute Gasteiger partial charge is 0.389 e. The van der Waals surface area contributed by atoms with Crippen molar-refractivity contribution < 1.29 is 4.79 Å². The molecule has 4 N–H and O–H groups in total. The van der Waals surface area contributed by atoms with Gasteiger partial charge in [0, 0.05) is 16.8 Å². The Labute approximate surface area is 107 Å². The fraction of sp³-hybridized carbons (Fsp3) is 0.333. The molecule has 0 bridgehead atoms. The number of hydrogen-bond donors (Lipinski definition) is 3. The van der Waals surface area contributed by atoms with Crippen molar-refractivity contribution in [1.82, 2.24) is 5.32 Å². The lowest BCUT2D eigenvalue weighted by atomic mass is 10.1. The minimum absolute atomic E-state index is 0.236. The number of benzene rings is 1. The molecule has 0 aliphatic rings. The number of rotatable bonds is 2. The molecule has 2 amide bonds. The van der Waals surface area contributed by atoms with Crippen molar-refractivity contribution in [2.45, 2.75) is 26.3 Å². The van der Waals surface area contributed by atoms with Gasteiger partial charge in [0.25, 0.3) is 0 Å². The van der Waals surface area contributed by atoms with Crippen LogP contribution in [0.25, 0.3) is 0 Å². The summed E-state index contributed by atoms with van der Waals surface area (Å²) in [4.78, 5) is 11.9. The molecule has 0 saturated carbocycles. The van der Waals surface area contributed by atoms with Crippen LogP contribution in [0.4, 0.5) is 10.5 Å². The van der Waals surface area contributed by atoms with Crippen LogP contribution in [0.15, 0.2) is 24.3 Å². The molecule has 5 heteroatoms. The number of urea groups is 1. The van der Waals surface area contributed by atoms with Crippen LogP contribution in [0.1, 0.15) is 26.3 Å². The first kappa shape index (κ1) is 13.4. The van der Waals surface area contributed by atoms with Gasteiger partial charge in [-0.15, -0.1) is 0 Å². The van der Waals surface area contributed by atoms with Gasteiger partial charge < -0.3 is 16.4 Å². The summed E-state index contributed by atoms with van der Waals surface area (Å²) < 4.78 is 0. The van der Waals surface area contributed by atoms with Crippen LogP contribution in [0.5, 0.6) is 0 Å². The van der Waals surface area contributed by atoms with E-state index < -0.39 is 0 Å². The molecule has 0 atom stereocenters. The zero-order valence-electron chi connectivity index (χ0n) is 10.2. The van der Waals surface area contributed by atoms with E-state index in [1.807, 2.05) is 20.8 Å². The van der Waals surface area contributed by atoms with E-state index in [0.29, 0.717) is 10.7 Å². The highest BCUT2D eigenvalue weighted by molar-refractivity contribution is 7.80. The molecule has 92 valence electrons. The highest BCUT2D eigenvalue weighted by Crippen LogP contribution is 2.10. The molecule has 1 rings (SSSR count). The third-order valence-electron chi connectivity index (χ3n) is 1.92. The van der Waals surface area contributed by atoms with E-state index in [-0.39, 0.29) is 11.6 Å². The van der Waals surface area contributed by atoms with Crippen LogP contribution in [0.3, 0.4) is 0 Å². The summed E-state index contributed by atoms with van der Waals surface area (Å²) >= 11 is 4.84. The Kier molecular flexibility index (Phi) is 4.07. The van der Waals surface area contributed by atoms with E-state index in [1.54, 1.807) is 24.3 Å². The van der Waals surface area contributed by atoms with E-state index in [9.17, 15) is 4.79 Å². The third-order valence-corrected chi connectivity index (χ3v) is 2.15. The Morgan fingerprint density at radius 3 is 2.18 bits per heavy atom. The van der Waals surface area contributed by atoms with E-state index in [2.05, 4.69) is 10.6 Å². The van der Waals surface area contributed by atoms with Gasteiger partial charge in [-0.1, -0.05) is 12.2 Å². The van der Waals surface area contributed by atoms with Gasteiger partial charge in [0.15, 0.2) is 0 Å². The van der Waals surface area contributed by atoms with Crippen molar-refractivity contribution in [2.75, 3.05) is 5.32 Å². The van der Waals surface area contributed by atoms with Crippen molar-refractivity contribution in [3.63, 3.8) is 0 Å². The van der Waals surface area contributed by atoms with E-state index >= 15 is 0 Å². The lowest BCUT2D eigenvalue weighted by molar-refractivity contribution is 0.244. The summed E-state index contributed by atoms with van der Waals surface area (Å²) in [6, 6.07) is 6.83. The summed E-state index contributed by atoms with van der Waals surface area (Å²) in [5.41, 5.74) is 6.70. The SMILES string of the molecule is CC(C)(C)NC(=O)Nc1ccc(C(N)=S)cc1. The predicted octanol–water partition coefficient (Wildman–Crippen LogP) is 2.24. The van der Waals surface area contributed by atoms with E-state index in [0.717, 1.165) is 5.56 Å². The van der Waals surface area contributed by atoms with Crippen LogP contribution in [0.2, 0.25) is 0 Å². The molecule has 0 aromatic heterocycles. The Morgan fingerprint density at radius 2 is 1.76 bits per heavy atom. The van der Waals surface area contributed by atoms with Gasteiger partial charge in [-0.05, 0) is 45.0 Å². The fourth-order valence-electron chi connectivity index (χ4n) is 1.22. The molecule has 0 saturated heterocycles. The highest BCUT2D eigenvalue weighted by atomic mass is 32.1. The summed E-state index contributed by atoms with van der Waals surface area (Å²) in [6.07, 6.45) is 0. The maximum Gasteiger partial charge on any atom is 0.319 e. The highest BCUT2D eigenvalue weighted by Gasteiger charge is 2.13. The van der Waals surface area contributed by atoms with Crippen LogP contribution in [0, 0.1) is 0 Å². The topological polar surface area (TPSA) is 67.2 Å².